The van der Waals surface area contributed by atoms with Crippen LogP contribution in [0, 0.1) is 0 Å². The maximum Gasteiger partial charge on any atom is 0.433 e. The molecule has 9 heteroatoms. The van der Waals surface area contributed by atoms with Gasteiger partial charge < -0.3 is 10.1 Å². The molecule has 1 aromatic heterocycles. The van der Waals surface area contributed by atoms with E-state index in [1.807, 2.05) is 24.3 Å². The Balaban J connectivity index is 0.000000648. The van der Waals surface area contributed by atoms with Crippen LogP contribution in [0.2, 0.25) is 0 Å². The molecule has 1 amide bonds. The highest BCUT2D eigenvalue weighted by Gasteiger charge is 2.32. The van der Waals surface area contributed by atoms with Gasteiger partial charge in [-0.2, -0.15) is 13.2 Å². The number of carbonyl (C=O) groups excluding carboxylic acids is 1. The largest absolute Gasteiger partial charge is 0.473 e. The van der Waals surface area contributed by atoms with Gasteiger partial charge in [-0.25, -0.2) is 10.8 Å². The summed E-state index contributed by atoms with van der Waals surface area (Å²) >= 11 is 0. The van der Waals surface area contributed by atoms with Gasteiger partial charge in [-0.3, -0.25) is 10.2 Å². The minimum atomic E-state index is -4.47. The molecule has 0 aliphatic heterocycles. The van der Waals surface area contributed by atoms with Gasteiger partial charge in [0.25, 0.3) is 0 Å². The second-order valence-electron chi connectivity index (χ2n) is 4.34. The molecule has 0 saturated heterocycles. The molecule has 1 heterocycles. The first-order valence-corrected chi connectivity index (χ1v) is 6.74. The standard InChI is InChI=1S/C14H13F3N2O.CH4N2O/c1-18-11-6-3-2-5-10(11)9-20-13-8-4-7-12(19-13)14(15,16)17;2-3-1-4/h2-8,18H,9H2,1H3;1H,2H2,(H,3,4). The van der Waals surface area contributed by atoms with Crippen molar-refractivity contribution in [1.29, 1.82) is 0 Å². The zero-order valence-corrected chi connectivity index (χ0v) is 12.8. The lowest BCUT2D eigenvalue weighted by molar-refractivity contribution is -0.141. The molecule has 4 N–H and O–H groups in total. The van der Waals surface area contributed by atoms with Crippen LogP contribution in [-0.2, 0) is 17.6 Å². The third kappa shape index (κ3) is 6.13. The van der Waals surface area contributed by atoms with Gasteiger partial charge in [-0.15, -0.1) is 0 Å². The Kier molecular flexibility index (Phi) is 7.50. The fourth-order valence-corrected chi connectivity index (χ4v) is 1.69. The zero-order valence-electron chi connectivity index (χ0n) is 12.8. The van der Waals surface area contributed by atoms with Gasteiger partial charge >= 0.3 is 6.18 Å². The summed E-state index contributed by atoms with van der Waals surface area (Å²) in [5.41, 5.74) is 2.49. The molecule has 0 radical (unpaired) electrons. The molecule has 0 unspecified atom stereocenters. The number of alkyl halides is 3. The van der Waals surface area contributed by atoms with Crippen molar-refractivity contribution in [2.24, 2.45) is 5.84 Å². The van der Waals surface area contributed by atoms with Gasteiger partial charge in [0.15, 0.2) is 0 Å². The van der Waals surface area contributed by atoms with Crippen LogP contribution in [0.1, 0.15) is 11.3 Å². The molecule has 2 aromatic rings. The fourth-order valence-electron chi connectivity index (χ4n) is 1.69. The van der Waals surface area contributed by atoms with Crippen LogP contribution in [0.5, 0.6) is 5.88 Å². The van der Waals surface area contributed by atoms with Gasteiger partial charge in [0.1, 0.15) is 12.3 Å². The molecule has 1 aromatic carbocycles. The monoisotopic (exact) mass is 342 g/mol. The van der Waals surface area contributed by atoms with Crippen molar-refractivity contribution in [3.8, 4) is 5.88 Å². The molecular weight excluding hydrogens is 325 g/mol. The van der Waals surface area contributed by atoms with E-state index in [1.54, 1.807) is 12.5 Å². The molecular formula is C15H17F3N4O2. The Morgan fingerprint density at radius 1 is 1.21 bits per heavy atom. The summed E-state index contributed by atoms with van der Waals surface area (Å²) in [6, 6.07) is 11.0. The summed E-state index contributed by atoms with van der Waals surface area (Å²) < 4.78 is 42.9. The molecule has 0 atom stereocenters. The lowest BCUT2D eigenvalue weighted by Crippen LogP contribution is -2.18. The fraction of sp³-hybridized carbons (Fsp3) is 0.200. The second-order valence-corrected chi connectivity index (χ2v) is 4.34. The number of halogens is 3. The number of nitrogens with two attached hydrogens (primary N) is 1. The van der Waals surface area contributed by atoms with E-state index in [1.165, 1.54) is 12.1 Å². The third-order valence-corrected chi connectivity index (χ3v) is 2.74. The number of benzene rings is 1. The smallest absolute Gasteiger partial charge is 0.433 e. The van der Waals surface area contributed by atoms with E-state index >= 15 is 0 Å². The van der Waals surface area contributed by atoms with Crippen molar-refractivity contribution in [1.82, 2.24) is 10.4 Å². The van der Waals surface area contributed by atoms with Crippen LogP contribution in [0.15, 0.2) is 42.5 Å². The van der Waals surface area contributed by atoms with Crippen LogP contribution in [-0.4, -0.2) is 18.4 Å². The van der Waals surface area contributed by atoms with Crippen molar-refractivity contribution in [3.05, 3.63) is 53.7 Å². The molecule has 0 fully saturated rings. The normalized spacial score (nSPS) is 10.2. The summed E-state index contributed by atoms with van der Waals surface area (Å²) in [6.07, 6.45) is -4.07. The van der Waals surface area contributed by atoms with Crippen molar-refractivity contribution in [2.75, 3.05) is 12.4 Å². The summed E-state index contributed by atoms with van der Waals surface area (Å²) in [5.74, 6) is 4.36. The maximum atomic E-state index is 12.5. The first-order valence-electron chi connectivity index (χ1n) is 6.74. The highest BCUT2D eigenvalue weighted by molar-refractivity contribution is 5.50. The number of pyridine rings is 1. The minimum Gasteiger partial charge on any atom is -0.473 e. The highest BCUT2D eigenvalue weighted by atomic mass is 19.4. The number of hydrogen-bond acceptors (Lipinski definition) is 5. The molecule has 130 valence electrons. The Hall–Kier alpha value is -2.81. The number of ether oxygens (including phenoxy) is 1. The van der Waals surface area contributed by atoms with Gasteiger partial charge in [-0.05, 0) is 12.1 Å². The quantitative estimate of drug-likeness (QED) is 0.336. The third-order valence-electron chi connectivity index (χ3n) is 2.74. The number of rotatable bonds is 5. The van der Waals surface area contributed by atoms with E-state index < -0.39 is 11.9 Å². The van der Waals surface area contributed by atoms with E-state index in [0.717, 1.165) is 17.3 Å². The van der Waals surface area contributed by atoms with Crippen LogP contribution in [0.25, 0.3) is 0 Å². The van der Waals surface area contributed by atoms with Crippen molar-refractivity contribution < 1.29 is 22.7 Å². The van der Waals surface area contributed by atoms with E-state index in [-0.39, 0.29) is 12.5 Å². The van der Waals surface area contributed by atoms with E-state index in [4.69, 9.17) is 9.53 Å². The SMILES string of the molecule is CNc1ccccc1COc1cccc(C(F)(F)F)n1.NNC=O. The van der Waals surface area contributed by atoms with Crippen LogP contribution < -0.4 is 21.3 Å². The number of amides is 1. The predicted molar refractivity (Wildman–Crippen MR) is 82.9 cm³/mol. The number of para-hydroxylation sites is 1. The number of hydrazine groups is 1. The number of carbonyl (C=O) groups is 1. The Morgan fingerprint density at radius 3 is 2.46 bits per heavy atom. The average Bonchev–Trinajstić information content (AvgIpc) is 2.60. The van der Waals surface area contributed by atoms with Crippen molar-refractivity contribution >= 4 is 12.1 Å². The lowest BCUT2D eigenvalue weighted by atomic mass is 10.2. The van der Waals surface area contributed by atoms with E-state index in [2.05, 4.69) is 16.1 Å². The second kappa shape index (κ2) is 9.36. The minimum absolute atomic E-state index is 0.0502. The number of nitrogens with one attached hydrogen (secondary N) is 2. The first kappa shape index (κ1) is 19.2. The summed E-state index contributed by atoms with van der Waals surface area (Å²) in [7, 11) is 1.77. The molecule has 0 aliphatic carbocycles. The average molecular weight is 342 g/mol. The van der Waals surface area contributed by atoms with Crippen LogP contribution >= 0.6 is 0 Å². The molecule has 6 nitrogen and oxygen atoms in total. The molecule has 2 rings (SSSR count). The first-order chi connectivity index (χ1) is 11.4. The molecule has 0 bridgehead atoms. The predicted octanol–water partition coefficient (Wildman–Crippen LogP) is 2.33. The number of aromatic nitrogens is 1. The van der Waals surface area contributed by atoms with Gasteiger partial charge in [-0.1, -0.05) is 24.3 Å². The Morgan fingerprint density at radius 2 is 1.88 bits per heavy atom. The maximum absolute atomic E-state index is 12.5. The van der Waals surface area contributed by atoms with Gasteiger partial charge in [0.2, 0.25) is 12.3 Å². The molecule has 0 spiro atoms. The Labute approximate surface area is 136 Å². The van der Waals surface area contributed by atoms with Crippen molar-refractivity contribution in [2.45, 2.75) is 12.8 Å². The lowest BCUT2D eigenvalue weighted by Gasteiger charge is -2.11. The van der Waals surface area contributed by atoms with Crippen LogP contribution in [0.3, 0.4) is 0 Å². The molecule has 24 heavy (non-hydrogen) atoms. The number of hydrogen-bond donors (Lipinski definition) is 3. The Bertz CT molecular complexity index is 651. The van der Waals surface area contributed by atoms with E-state index in [9.17, 15) is 13.2 Å². The number of anilines is 1. The number of nitrogens with zero attached hydrogens (tertiary/aromatic N) is 1. The summed E-state index contributed by atoms with van der Waals surface area (Å²) in [6.45, 7) is 0.144. The summed E-state index contributed by atoms with van der Waals surface area (Å²) in [4.78, 5) is 12.4. The van der Waals surface area contributed by atoms with Gasteiger partial charge in [0, 0.05) is 24.4 Å². The zero-order chi connectivity index (χ0) is 18.0. The molecule has 0 aliphatic rings. The molecule has 0 saturated carbocycles. The van der Waals surface area contributed by atoms with Crippen LogP contribution in [0.4, 0.5) is 18.9 Å². The van der Waals surface area contributed by atoms with Gasteiger partial charge in [0.05, 0.1) is 0 Å². The highest BCUT2D eigenvalue weighted by Crippen LogP contribution is 2.28. The summed E-state index contributed by atoms with van der Waals surface area (Å²) in [5, 5.41) is 2.99. The van der Waals surface area contributed by atoms with Crippen molar-refractivity contribution in [3.63, 3.8) is 0 Å². The van der Waals surface area contributed by atoms with E-state index in [0.29, 0.717) is 6.41 Å². The topological polar surface area (TPSA) is 89.3 Å².